The van der Waals surface area contributed by atoms with Crippen molar-refractivity contribution in [2.24, 2.45) is 0 Å². The molecule has 162 valence electrons. The summed E-state index contributed by atoms with van der Waals surface area (Å²) >= 11 is 1.37. The standard InChI is InChI=1S/C25H18N4O3S/c1-16-7-9-18(10-8-16)28(25(31)32)19-5-2-4-17(14-19)21-11-12-26-24-20(15-27-29(21)24)23(30)22-6-3-13-33-22/h2-15H,1H3,(H,31,32). The maximum atomic E-state index is 12.9. The van der Waals surface area contributed by atoms with Crippen molar-refractivity contribution in [1.29, 1.82) is 0 Å². The summed E-state index contributed by atoms with van der Waals surface area (Å²) in [5.74, 6) is -0.130. The SMILES string of the molecule is Cc1ccc(N(C(=O)O)c2cccc(-c3ccnc4c(C(=O)c5cccs5)cnn34)c2)cc1. The number of carbonyl (C=O) groups is 2. The lowest BCUT2D eigenvalue weighted by Crippen LogP contribution is -2.23. The molecule has 5 rings (SSSR count). The first-order chi connectivity index (χ1) is 16.0. The highest BCUT2D eigenvalue weighted by Gasteiger charge is 2.20. The average Bonchev–Trinajstić information content (AvgIpc) is 3.50. The van der Waals surface area contributed by atoms with Gasteiger partial charge in [0.1, 0.15) is 0 Å². The second-order valence-electron chi connectivity index (χ2n) is 7.43. The predicted molar refractivity (Wildman–Crippen MR) is 128 cm³/mol. The van der Waals surface area contributed by atoms with E-state index in [4.69, 9.17) is 0 Å². The normalized spacial score (nSPS) is 10.9. The summed E-state index contributed by atoms with van der Waals surface area (Å²) in [6, 6.07) is 19.9. The number of anilines is 2. The molecule has 3 aromatic heterocycles. The Morgan fingerprint density at radius 1 is 1.00 bits per heavy atom. The second-order valence-corrected chi connectivity index (χ2v) is 8.38. The number of thiophene rings is 1. The van der Waals surface area contributed by atoms with Crippen molar-refractivity contribution in [2.75, 3.05) is 4.90 Å². The molecule has 0 atom stereocenters. The van der Waals surface area contributed by atoms with Crippen molar-refractivity contribution in [2.45, 2.75) is 6.92 Å². The maximum Gasteiger partial charge on any atom is 0.416 e. The third kappa shape index (κ3) is 3.77. The first-order valence-electron chi connectivity index (χ1n) is 10.1. The lowest BCUT2D eigenvalue weighted by molar-refractivity contribution is 0.104. The highest BCUT2D eigenvalue weighted by atomic mass is 32.1. The molecule has 1 N–H and O–H groups in total. The van der Waals surface area contributed by atoms with Crippen LogP contribution < -0.4 is 4.90 Å². The van der Waals surface area contributed by atoms with E-state index in [1.807, 2.05) is 36.6 Å². The van der Waals surface area contributed by atoms with Crippen LogP contribution in [0.3, 0.4) is 0 Å². The van der Waals surface area contributed by atoms with Crippen molar-refractivity contribution in [3.05, 3.63) is 101 Å². The fraction of sp³-hybridized carbons (Fsp3) is 0.0400. The van der Waals surface area contributed by atoms with Crippen molar-refractivity contribution < 1.29 is 14.7 Å². The molecule has 3 heterocycles. The van der Waals surface area contributed by atoms with Crippen molar-refractivity contribution >= 4 is 40.2 Å². The molecule has 0 radical (unpaired) electrons. The van der Waals surface area contributed by atoms with Gasteiger partial charge in [-0.15, -0.1) is 11.3 Å². The van der Waals surface area contributed by atoms with Gasteiger partial charge in [-0.3, -0.25) is 4.79 Å². The molecule has 1 amide bonds. The number of aromatic nitrogens is 3. The quantitative estimate of drug-likeness (QED) is 0.339. The molecule has 0 fully saturated rings. The predicted octanol–water partition coefficient (Wildman–Crippen LogP) is 5.81. The van der Waals surface area contributed by atoms with Gasteiger partial charge in [0, 0.05) is 11.8 Å². The number of ketones is 1. The van der Waals surface area contributed by atoms with Crippen LogP contribution in [0, 0.1) is 6.92 Å². The smallest absolute Gasteiger partial charge is 0.416 e. The van der Waals surface area contributed by atoms with E-state index in [-0.39, 0.29) is 5.78 Å². The molecule has 0 aliphatic heterocycles. The van der Waals surface area contributed by atoms with Crippen molar-refractivity contribution in [3.63, 3.8) is 0 Å². The van der Waals surface area contributed by atoms with Gasteiger partial charge in [-0.2, -0.15) is 5.10 Å². The van der Waals surface area contributed by atoms with Crippen LogP contribution in [0.2, 0.25) is 0 Å². The summed E-state index contributed by atoms with van der Waals surface area (Å²) < 4.78 is 1.61. The Balaban J connectivity index is 1.59. The topological polar surface area (TPSA) is 87.8 Å². The highest BCUT2D eigenvalue weighted by Crippen LogP contribution is 2.31. The summed E-state index contributed by atoms with van der Waals surface area (Å²) in [6.07, 6.45) is 2.06. The van der Waals surface area contributed by atoms with Gasteiger partial charge in [0.2, 0.25) is 5.78 Å². The molecular formula is C25H18N4O3S. The van der Waals surface area contributed by atoms with E-state index in [0.29, 0.717) is 33.2 Å². The van der Waals surface area contributed by atoms with Gasteiger partial charge in [0.05, 0.1) is 33.7 Å². The number of fused-ring (bicyclic) bond motifs is 1. The minimum Gasteiger partial charge on any atom is -0.464 e. The Kier molecular flexibility index (Phi) is 5.20. The number of nitrogens with zero attached hydrogens (tertiary/aromatic N) is 4. The molecule has 0 aliphatic carbocycles. The number of benzene rings is 2. The first-order valence-corrected chi connectivity index (χ1v) is 11.0. The number of rotatable bonds is 5. The molecular weight excluding hydrogens is 436 g/mol. The van der Waals surface area contributed by atoms with Gasteiger partial charge in [-0.05, 0) is 48.7 Å². The minimum atomic E-state index is -1.08. The first kappa shape index (κ1) is 20.6. The van der Waals surface area contributed by atoms with Crippen LogP contribution in [0.5, 0.6) is 0 Å². The Morgan fingerprint density at radius 2 is 1.82 bits per heavy atom. The molecule has 0 aliphatic rings. The lowest BCUT2D eigenvalue weighted by Gasteiger charge is -2.20. The van der Waals surface area contributed by atoms with Gasteiger partial charge in [0.15, 0.2) is 5.65 Å². The molecule has 0 saturated carbocycles. The molecule has 0 bridgehead atoms. The molecule has 5 aromatic rings. The molecule has 2 aromatic carbocycles. The van der Waals surface area contributed by atoms with E-state index in [1.54, 1.807) is 53.2 Å². The zero-order valence-electron chi connectivity index (χ0n) is 17.5. The zero-order valence-corrected chi connectivity index (χ0v) is 18.4. The summed E-state index contributed by atoms with van der Waals surface area (Å²) in [4.78, 5) is 31.2. The third-order valence-corrected chi connectivity index (χ3v) is 6.14. The monoisotopic (exact) mass is 454 g/mol. The fourth-order valence-electron chi connectivity index (χ4n) is 3.68. The van der Waals surface area contributed by atoms with E-state index in [9.17, 15) is 14.7 Å². The molecule has 0 spiro atoms. The van der Waals surface area contributed by atoms with E-state index < -0.39 is 6.09 Å². The molecule has 33 heavy (non-hydrogen) atoms. The Morgan fingerprint density at radius 3 is 2.55 bits per heavy atom. The van der Waals surface area contributed by atoms with Gasteiger partial charge in [0.25, 0.3) is 0 Å². The number of carboxylic acid groups (broad SMARTS) is 1. The van der Waals surface area contributed by atoms with E-state index in [1.165, 1.54) is 22.4 Å². The molecule has 0 unspecified atom stereocenters. The number of amides is 1. The zero-order chi connectivity index (χ0) is 22.9. The van der Waals surface area contributed by atoms with Gasteiger partial charge >= 0.3 is 6.09 Å². The van der Waals surface area contributed by atoms with E-state index >= 15 is 0 Å². The van der Waals surface area contributed by atoms with Crippen LogP contribution in [-0.4, -0.2) is 31.6 Å². The molecule has 8 heteroatoms. The van der Waals surface area contributed by atoms with Crippen molar-refractivity contribution in [3.8, 4) is 11.3 Å². The van der Waals surface area contributed by atoms with Gasteiger partial charge < -0.3 is 5.11 Å². The number of hydrogen-bond donors (Lipinski definition) is 1. The largest absolute Gasteiger partial charge is 0.464 e. The van der Waals surface area contributed by atoms with Gasteiger partial charge in [-0.25, -0.2) is 19.2 Å². The second kappa shape index (κ2) is 8.33. The van der Waals surface area contributed by atoms with Crippen LogP contribution in [0.25, 0.3) is 16.9 Å². The van der Waals surface area contributed by atoms with E-state index in [0.717, 1.165) is 11.1 Å². The average molecular weight is 455 g/mol. The van der Waals surface area contributed by atoms with Crippen LogP contribution in [-0.2, 0) is 0 Å². The lowest BCUT2D eigenvalue weighted by atomic mass is 10.1. The van der Waals surface area contributed by atoms with Crippen LogP contribution >= 0.6 is 11.3 Å². The summed E-state index contributed by atoms with van der Waals surface area (Å²) in [7, 11) is 0. The Bertz CT molecular complexity index is 1470. The van der Waals surface area contributed by atoms with Crippen molar-refractivity contribution in [1.82, 2.24) is 14.6 Å². The molecule has 7 nitrogen and oxygen atoms in total. The minimum absolute atomic E-state index is 0.130. The Labute approximate surface area is 193 Å². The van der Waals surface area contributed by atoms with Crippen LogP contribution in [0.4, 0.5) is 16.2 Å². The van der Waals surface area contributed by atoms with Crippen LogP contribution in [0.15, 0.2) is 84.5 Å². The summed E-state index contributed by atoms with van der Waals surface area (Å²) in [6.45, 7) is 1.95. The Hall–Kier alpha value is -4.30. The number of aryl methyl sites for hydroxylation is 1. The third-order valence-electron chi connectivity index (χ3n) is 5.27. The summed E-state index contributed by atoms with van der Waals surface area (Å²) in [5.41, 5.74) is 4.40. The maximum absolute atomic E-state index is 12.9. The number of carbonyl (C=O) groups excluding carboxylic acids is 1. The summed E-state index contributed by atoms with van der Waals surface area (Å²) in [5, 5.41) is 16.2. The van der Waals surface area contributed by atoms with E-state index in [2.05, 4.69) is 10.1 Å². The number of hydrogen-bond acceptors (Lipinski definition) is 5. The van der Waals surface area contributed by atoms with Gasteiger partial charge in [-0.1, -0.05) is 35.9 Å². The van der Waals surface area contributed by atoms with Crippen LogP contribution in [0.1, 0.15) is 20.8 Å². The molecule has 0 saturated heterocycles. The highest BCUT2D eigenvalue weighted by molar-refractivity contribution is 7.12. The fourth-order valence-corrected chi connectivity index (χ4v) is 4.36.